The van der Waals surface area contributed by atoms with Crippen molar-refractivity contribution in [3.05, 3.63) is 29.4 Å². The minimum Gasteiger partial charge on any atom is -0.342 e. The van der Waals surface area contributed by atoms with E-state index in [1.165, 1.54) is 11.3 Å². The van der Waals surface area contributed by atoms with E-state index in [2.05, 4.69) is 20.3 Å². The lowest BCUT2D eigenvalue weighted by Gasteiger charge is -2.20. The third-order valence-corrected chi connectivity index (χ3v) is 5.07. The number of nitrogens with zero attached hydrogens (tertiary/aromatic N) is 6. The molecule has 4 heterocycles. The Hall–Kier alpha value is -2.35. The Balaban J connectivity index is 1.58. The summed E-state index contributed by atoms with van der Waals surface area (Å²) < 4.78 is 1.71. The Morgan fingerprint density at radius 2 is 2.12 bits per heavy atom. The first-order valence-corrected chi connectivity index (χ1v) is 9.00. The molecule has 3 aromatic rings. The number of rotatable bonds is 4. The molecular weight excluding hydrogens is 324 g/mol. The number of carbonyl (C=O) groups is 1. The van der Waals surface area contributed by atoms with Crippen molar-refractivity contribution in [3.8, 4) is 10.8 Å². The Kier molecular flexibility index (Phi) is 3.97. The lowest BCUT2D eigenvalue weighted by Crippen LogP contribution is -2.33. The SMILES string of the molecule is C[C@H](Cc1ccc2nnc(-c3nccs3)n2n1)C(=O)N1CCCC1. The van der Waals surface area contributed by atoms with Crippen LogP contribution in [0.3, 0.4) is 0 Å². The number of hydrogen-bond acceptors (Lipinski definition) is 6. The van der Waals surface area contributed by atoms with Crippen LogP contribution < -0.4 is 0 Å². The largest absolute Gasteiger partial charge is 0.342 e. The molecule has 0 saturated carbocycles. The molecule has 0 aliphatic carbocycles. The van der Waals surface area contributed by atoms with Gasteiger partial charge in [0, 0.05) is 37.0 Å². The van der Waals surface area contributed by atoms with Crippen LogP contribution in [0, 0.1) is 5.92 Å². The molecule has 0 spiro atoms. The molecule has 0 N–H and O–H groups in total. The number of fused-ring (bicyclic) bond motifs is 1. The van der Waals surface area contributed by atoms with Gasteiger partial charge in [0.05, 0.1) is 5.69 Å². The number of carbonyl (C=O) groups excluding carboxylic acids is 1. The molecule has 8 heteroatoms. The third-order valence-electron chi connectivity index (χ3n) is 4.30. The fourth-order valence-corrected chi connectivity index (χ4v) is 3.66. The zero-order valence-corrected chi connectivity index (χ0v) is 14.2. The number of thiazole rings is 1. The van der Waals surface area contributed by atoms with Crippen molar-refractivity contribution in [3.63, 3.8) is 0 Å². The first-order valence-electron chi connectivity index (χ1n) is 8.12. The smallest absolute Gasteiger partial charge is 0.225 e. The molecule has 0 aromatic carbocycles. The summed E-state index contributed by atoms with van der Waals surface area (Å²) in [6.45, 7) is 3.74. The van der Waals surface area contributed by atoms with E-state index in [0.29, 0.717) is 17.9 Å². The summed E-state index contributed by atoms with van der Waals surface area (Å²) >= 11 is 1.50. The van der Waals surface area contributed by atoms with Crippen molar-refractivity contribution in [1.29, 1.82) is 0 Å². The summed E-state index contributed by atoms with van der Waals surface area (Å²) in [5.41, 5.74) is 1.54. The zero-order valence-electron chi connectivity index (χ0n) is 13.4. The standard InChI is InChI=1S/C16H18N6OS/c1-11(16(23)21-7-2-3-8-21)10-12-4-5-13-18-19-14(22(13)20-12)15-17-6-9-24-15/h4-6,9,11H,2-3,7-8,10H2,1H3/t11-/m1/s1. The molecule has 1 amide bonds. The van der Waals surface area contributed by atoms with Crippen LogP contribution in [0.5, 0.6) is 0 Å². The first kappa shape index (κ1) is 15.2. The van der Waals surface area contributed by atoms with Gasteiger partial charge in [0.1, 0.15) is 0 Å². The van der Waals surface area contributed by atoms with Crippen LogP contribution in [0.1, 0.15) is 25.5 Å². The predicted octanol–water partition coefficient (Wildman–Crippen LogP) is 2.05. The molecule has 1 fully saturated rings. The van der Waals surface area contributed by atoms with Crippen LogP contribution >= 0.6 is 11.3 Å². The highest BCUT2D eigenvalue weighted by Gasteiger charge is 2.24. The van der Waals surface area contributed by atoms with Gasteiger partial charge in [-0.3, -0.25) is 4.79 Å². The van der Waals surface area contributed by atoms with Crippen molar-refractivity contribution in [2.45, 2.75) is 26.2 Å². The van der Waals surface area contributed by atoms with Crippen LogP contribution in [-0.4, -0.2) is 48.7 Å². The first-order chi connectivity index (χ1) is 11.7. The number of likely N-dealkylation sites (tertiary alicyclic amines) is 1. The molecule has 1 aliphatic heterocycles. The van der Waals surface area contributed by atoms with Gasteiger partial charge in [0.2, 0.25) is 11.7 Å². The molecule has 0 unspecified atom stereocenters. The molecule has 4 rings (SSSR count). The van der Waals surface area contributed by atoms with Gasteiger partial charge in [-0.25, -0.2) is 4.98 Å². The van der Waals surface area contributed by atoms with E-state index in [-0.39, 0.29) is 11.8 Å². The van der Waals surface area contributed by atoms with Crippen LogP contribution in [0.2, 0.25) is 0 Å². The van der Waals surface area contributed by atoms with Crippen molar-refractivity contribution in [1.82, 2.24) is 29.7 Å². The summed E-state index contributed by atoms with van der Waals surface area (Å²) in [5.74, 6) is 0.784. The Morgan fingerprint density at radius 1 is 1.29 bits per heavy atom. The molecule has 7 nitrogen and oxygen atoms in total. The topological polar surface area (TPSA) is 76.3 Å². The fourth-order valence-electron chi connectivity index (χ4n) is 3.05. The van der Waals surface area contributed by atoms with E-state index in [4.69, 9.17) is 0 Å². The van der Waals surface area contributed by atoms with Crippen LogP contribution in [-0.2, 0) is 11.2 Å². The van der Waals surface area contributed by atoms with E-state index in [9.17, 15) is 4.79 Å². The van der Waals surface area contributed by atoms with Crippen molar-refractivity contribution in [2.24, 2.45) is 5.92 Å². The molecule has 3 aromatic heterocycles. The Morgan fingerprint density at radius 3 is 2.88 bits per heavy atom. The molecule has 1 saturated heterocycles. The summed E-state index contributed by atoms with van der Waals surface area (Å²) in [5, 5.41) is 15.6. The molecule has 24 heavy (non-hydrogen) atoms. The van der Waals surface area contributed by atoms with Gasteiger partial charge in [0.25, 0.3) is 0 Å². The van der Waals surface area contributed by atoms with Gasteiger partial charge in [-0.1, -0.05) is 6.92 Å². The molecule has 1 aliphatic rings. The third kappa shape index (κ3) is 2.77. The van der Waals surface area contributed by atoms with Crippen LogP contribution in [0.25, 0.3) is 16.5 Å². The highest BCUT2D eigenvalue weighted by atomic mass is 32.1. The van der Waals surface area contributed by atoms with Gasteiger partial charge >= 0.3 is 0 Å². The summed E-state index contributed by atoms with van der Waals surface area (Å²) in [4.78, 5) is 18.7. The minimum absolute atomic E-state index is 0.0761. The van der Waals surface area contributed by atoms with Crippen molar-refractivity contribution < 1.29 is 4.79 Å². The number of aromatic nitrogens is 5. The Labute approximate surface area is 143 Å². The van der Waals surface area contributed by atoms with Crippen LogP contribution in [0.4, 0.5) is 0 Å². The maximum absolute atomic E-state index is 12.5. The quantitative estimate of drug-likeness (QED) is 0.725. The highest BCUT2D eigenvalue weighted by Crippen LogP contribution is 2.20. The monoisotopic (exact) mass is 342 g/mol. The molecule has 0 radical (unpaired) electrons. The van der Waals surface area contributed by atoms with Crippen molar-refractivity contribution in [2.75, 3.05) is 13.1 Å². The lowest BCUT2D eigenvalue weighted by molar-refractivity contribution is -0.133. The second-order valence-electron chi connectivity index (χ2n) is 6.09. The average Bonchev–Trinajstić information content (AvgIpc) is 3.33. The molecular formula is C16H18N6OS. The van der Waals surface area contributed by atoms with E-state index < -0.39 is 0 Å². The van der Waals surface area contributed by atoms with E-state index >= 15 is 0 Å². The van der Waals surface area contributed by atoms with Gasteiger partial charge < -0.3 is 4.90 Å². The molecule has 124 valence electrons. The molecule has 0 bridgehead atoms. The lowest BCUT2D eigenvalue weighted by atomic mass is 10.0. The second-order valence-corrected chi connectivity index (χ2v) is 6.99. The Bertz CT molecular complexity index is 853. The molecule has 1 atom stereocenters. The fraction of sp³-hybridized carbons (Fsp3) is 0.438. The highest BCUT2D eigenvalue weighted by molar-refractivity contribution is 7.13. The summed E-state index contributed by atoms with van der Waals surface area (Å²) in [6.07, 6.45) is 4.57. The average molecular weight is 342 g/mol. The summed E-state index contributed by atoms with van der Waals surface area (Å²) in [7, 11) is 0. The maximum atomic E-state index is 12.5. The van der Waals surface area contributed by atoms with E-state index in [0.717, 1.165) is 36.6 Å². The van der Waals surface area contributed by atoms with E-state index in [1.54, 1.807) is 10.7 Å². The normalized spacial score (nSPS) is 16.0. The van der Waals surface area contributed by atoms with E-state index in [1.807, 2.05) is 29.3 Å². The maximum Gasteiger partial charge on any atom is 0.225 e. The van der Waals surface area contributed by atoms with Gasteiger partial charge in [-0.15, -0.1) is 21.5 Å². The van der Waals surface area contributed by atoms with Crippen molar-refractivity contribution >= 4 is 22.9 Å². The van der Waals surface area contributed by atoms with Gasteiger partial charge in [-0.2, -0.15) is 9.61 Å². The predicted molar refractivity (Wildman–Crippen MR) is 90.6 cm³/mol. The summed E-state index contributed by atoms with van der Waals surface area (Å²) in [6, 6.07) is 3.81. The van der Waals surface area contributed by atoms with Crippen LogP contribution in [0.15, 0.2) is 23.7 Å². The van der Waals surface area contributed by atoms with Gasteiger partial charge in [-0.05, 0) is 25.0 Å². The minimum atomic E-state index is -0.0761. The number of hydrogen-bond donors (Lipinski definition) is 0. The number of amides is 1. The second kappa shape index (κ2) is 6.27. The van der Waals surface area contributed by atoms with Gasteiger partial charge in [0.15, 0.2) is 10.7 Å². The zero-order chi connectivity index (χ0) is 16.5.